The van der Waals surface area contributed by atoms with Crippen molar-refractivity contribution < 1.29 is 53.4 Å². The van der Waals surface area contributed by atoms with E-state index in [1.165, 1.54) is 0 Å². The standard InChI is InChI=1S/C5H11NO2S.HI.Zn/c1-9-3-2-4(6)5(7)8;;/h4H,2-3,6H2,1H3,(H,7,8);1H;/q;;+2/p-2/t4-;;/m0../s1. The fraction of sp³-hybridized carbons (Fsp3) is 0.800. The van der Waals surface area contributed by atoms with Crippen molar-refractivity contribution in [3.8, 4) is 0 Å². The smallest absolute Gasteiger partial charge is 1.00 e. The van der Waals surface area contributed by atoms with Gasteiger partial charge in [0.1, 0.15) is 0 Å². The summed E-state index contributed by atoms with van der Waals surface area (Å²) < 4.78 is 0. The molecule has 0 spiro atoms. The Morgan fingerprint density at radius 2 is 2.18 bits per heavy atom. The van der Waals surface area contributed by atoms with Crippen LogP contribution >= 0.6 is 11.8 Å². The molecule has 0 rings (SSSR count). The molecule has 0 heterocycles. The van der Waals surface area contributed by atoms with Gasteiger partial charge in [0.2, 0.25) is 0 Å². The number of hydrogen-bond acceptors (Lipinski definition) is 4. The predicted octanol–water partition coefficient (Wildman–Crippen LogP) is -4.18. The fourth-order valence-corrected chi connectivity index (χ4v) is 0.852. The van der Waals surface area contributed by atoms with E-state index in [1.54, 1.807) is 11.8 Å². The molecule has 0 aliphatic rings. The van der Waals surface area contributed by atoms with E-state index < -0.39 is 12.0 Å². The van der Waals surface area contributed by atoms with Crippen molar-refractivity contribution in [2.24, 2.45) is 5.73 Å². The van der Waals surface area contributed by atoms with Gasteiger partial charge in [-0.1, -0.05) is 0 Å². The molecule has 0 aromatic carbocycles. The topological polar surface area (TPSA) is 66.2 Å². The third-order valence-corrected chi connectivity index (χ3v) is 1.58. The van der Waals surface area contributed by atoms with Gasteiger partial charge in [-0.2, -0.15) is 11.8 Å². The zero-order valence-electron chi connectivity index (χ0n) is 6.38. The van der Waals surface area contributed by atoms with Crippen molar-refractivity contribution in [3.63, 3.8) is 0 Å². The molecule has 11 heavy (non-hydrogen) atoms. The minimum absolute atomic E-state index is 0. The van der Waals surface area contributed by atoms with Crippen LogP contribution in [-0.4, -0.2) is 24.0 Å². The maximum absolute atomic E-state index is 9.96. The molecule has 6 heteroatoms. The van der Waals surface area contributed by atoms with Gasteiger partial charge in [-0.15, -0.1) is 0 Å². The number of halogens is 1. The average Bonchev–Trinajstić information content (AvgIpc) is 1.82. The van der Waals surface area contributed by atoms with E-state index in [-0.39, 0.29) is 43.5 Å². The Labute approximate surface area is 101 Å². The first-order chi connectivity index (χ1) is 4.18. The zero-order chi connectivity index (χ0) is 7.28. The molecule has 0 aliphatic carbocycles. The predicted molar refractivity (Wildman–Crippen MR) is 36.0 cm³/mol. The van der Waals surface area contributed by atoms with E-state index in [9.17, 15) is 9.90 Å². The van der Waals surface area contributed by atoms with Crippen LogP contribution in [0.25, 0.3) is 0 Å². The molecule has 1 atom stereocenters. The molecule has 2 N–H and O–H groups in total. The molecule has 0 saturated heterocycles. The van der Waals surface area contributed by atoms with Gasteiger partial charge in [0.05, 0.1) is 5.97 Å². The van der Waals surface area contributed by atoms with Crippen LogP contribution in [0, 0.1) is 0 Å². The number of thioether (sulfide) groups is 1. The van der Waals surface area contributed by atoms with E-state index in [2.05, 4.69) is 0 Å². The number of carbonyl (C=O) groups is 1. The molecule has 0 fully saturated rings. The number of rotatable bonds is 4. The number of carboxylic acid groups (broad SMARTS) is 1. The van der Waals surface area contributed by atoms with Crippen LogP contribution in [-0.2, 0) is 24.3 Å². The molecule has 0 aromatic rings. The van der Waals surface area contributed by atoms with Gasteiger partial charge < -0.3 is 39.6 Å². The summed E-state index contributed by atoms with van der Waals surface area (Å²) in [6, 6.07) is -0.794. The van der Waals surface area contributed by atoms with Crippen molar-refractivity contribution >= 4 is 17.7 Å². The summed E-state index contributed by atoms with van der Waals surface area (Å²) in [5.41, 5.74) is 5.13. The SMILES string of the molecule is CSCC[C@H](N)C(=O)[O-].[I-].[Zn+2]. The Hall–Kier alpha value is 1.13. The van der Waals surface area contributed by atoms with Gasteiger partial charge in [0.25, 0.3) is 0 Å². The molecule has 0 radical (unpaired) electrons. The van der Waals surface area contributed by atoms with Gasteiger partial charge in [-0.3, -0.25) is 0 Å². The second kappa shape index (κ2) is 11.1. The summed E-state index contributed by atoms with van der Waals surface area (Å²) in [5, 5.41) is 9.96. The van der Waals surface area contributed by atoms with E-state index in [0.717, 1.165) is 5.75 Å². The van der Waals surface area contributed by atoms with Crippen molar-refractivity contribution in [1.29, 1.82) is 0 Å². The first-order valence-electron chi connectivity index (χ1n) is 2.64. The first kappa shape index (κ1) is 18.0. The number of nitrogens with two attached hydrogens (primary N) is 1. The van der Waals surface area contributed by atoms with Crippen LogP contribution < -0.4 is 34.8 Å². The summed E-state index contributed by atoms with van der Waals surface area (Å²) in [4.78, 5) is 9.96. The molecular weight excluding hydrogens is 330 g/mol. The second-order valence-corrected chi connectivity index (χ2v) is 2.69. The number of carbonyl (C=O) groups excluding carboxylic acids is 1. The van der Waals surface area contributed by atoms with Crippen LogP contribution in [0.2, 0.25) is 0 Å². The maximum Gasteiger partial charge on any atom is 2.00 e. The third kappa shape index (κ3) is 11.1. The minimum Gasteiger partial charge on any atom is -1.00 e. The number of carboxylic acids is 1. The summed E-state index contributed by atoms with van der Waals surface area (Å²) >= 11 is 1.58. The van der Waals surface area contributed by atoms with E-state index in [1.807, 2.05) is 6.26 Å². The zero-order valence-corrected chi connectivity index (χ0v) is 12.3. The molecule has 0 aliphatic heterocycles. The largest absolute Gasteiger partial charge is 2.00 e. The van der Waals surface area contributed by atoms with Crippen LogP contribution in [0.15, 0.2) is 0 Å². The Balaban J connectivity index is -0.000000320. The number of hydrogen-bond donors (Lipinski definition) is 1. The molecule has 0 saturated carbocycles. The van der Waals surface area contributed by atoms with Crippen LogP contribution in [0.3, 0.4) is 0 Å². The van der Waals surface area contributed by atoms with Crippen molar-refractivity contribution in [2.45, 2.75) is 12.5 Å². The molecule has 0 amide bonds. The molecule has 0 aromatic heterocycles. The van der Waals surface area contributed by atoms with E-state index in [0.29, 0.717) is 6.42 Å². The van der Waals surface area contributed by atoms with Gasteiger partial charge in [0.15, 0.2) is 0 Å². The van der Waals surface area contributed by atoms with Crippen LogP contribution in [0.1, 0.15) is 6.42 Å². The summed E-state index contributed by atoms with van der Waals surface area (Å²) in [7, 11) is 0. The first-order valence-corrected chi connectivity index (χ1v) is 4.03. The second-order valence-electron chi connectivity index (χ2n) is 1.71. The van der Waals surface area contributed by atoms with Crippen molar-refractivity contribution in [1.82, 2.24) is 0 Å². The van der Waals surface area contributed by atoms with Gasteiger partial charge >= 0.3 is 19.5 Å². The third-order valence-electron chi connectivity index (χ3n) is 0.936. The number of aliphatic carboxylic acids is 1. The Morgan fingerprint density at radius 1 is 1.73 bits per heavy atom. The van der Waals surface area contributed by atoms with Crippen LogP contribution in [0.4, 0.5) is 0 Å². The summed E-state index contributed by atoms with van der Waals surface area (Å²) in [5.74, 6) is -0.390. The summed E-state index contributed by atoms with van der Waals surface area (Å²) in [6.07, 6.45) is 2.39. The Kier molecular flexibility index (Phi) is 18.2. The van der Waals surface area contributed by atoms with Crippen LogP contribution in [0.5, 0.6) is 0 Å². The Morgan fingerprint density at radius 3 is 2.45 bits per heavy atom. The van der Waals surface area contributed by atoms with E-state index >= 15 is 0 Å². The Bertz CT molecular complexity index is 106. The van der Waals surface area contributed by atoms with Gasteiger partial charge in [-0.25, -0.2) is 0 Å². The van der Waals surface area contributed by atoms with Gasteiger partial charge in [0, 0.05) is 6.04 Å². The monoisotopic (exact) mass is 339 g/mol. The maximum atomic E-state index is 9.96. The van der Waals surface area contributed by atoms with E-state index in [4.69, 9.17) is 5.73 Å². The molecule has 3 nitrogen and oxygen atoms in total. The summed E-state index contributed by atoms with van der Waals surface area (Å²) in [6.45, 7) is 0. The quantitative estimate of drug-likeness (QED) is 0.417. The normalized spacial score (nSPS) is 10.7. The molecule has 0 bridgehead atoms. The molecular formula is C5H10INO2SZn. The molecule has 62 valence electrons. The molecule has 0 unspecified atom stereocenters. The van der Waals surface area contributed by atoms with Gasteiger partial charge in [-0.05, 0) is 18.4 Å². The van der Waals surface area contributed by atoms with Crippen molar-refractivity contribution in [3.05, 3.63) is 0 Å². The van der Waals surface area contributed by atoms with Crippen molar-refractivity contribution in [2.75, 3.05) is 12.0 Å². The average molecular weight is 341 g/mol. The minimum atomic E-state index is -1.16. The fourth-order valence-electron chi connectivity index (χ4n) is 0.363.